The molecule has 1 heterocycles. The zero-order valence-corrected chi connectivity index (χ0v) is 27.1. The number of fused-ring (bicyclic) bond motifs is 1. The van der Waals surface area contributed by atoms with Crippen molar-refractivity contribution in [3.8, 4) is 5.69 Å². The molecule has 230 valence electrons. The number of nitrogens with one attached hydrogen (secondary N) is 1. The predicted molar refractivity (Wildman–Crippen MR) is 185 cm³/mol. The van der Waals surface area contributed by atoms with Crippen molar-refractivity contribution in [2.24, 2.45) is 0 Å². The topological polar surface area (TPSA) is 36.3 Å². The fraction of sp³-hybridized carbons (Fsp3) is 0.359. The normalized spacial score (nSPS) is 13.4. The molecule has 5 rings (SSSR count). The Morgan fingerprint density at radius 3 is 2.07 bits per heavy atom. The summed E-state index contributed by atoms with van der Waals surface area (Å²) in [5.41, 5.74) is 11.9. The van der Waals surface area contributed by atoms with Gasteiger partial charge in [0.05, 0.1) is 17.1 Å². The lowest BCUT2D eigenvalue weighted by Gasteiger charge is -2.23. The van der Waals surface area contributed by atoms with Gasteiger partial charge in [-0.15, -0.1) is 0 Å². The van der Waals surface area contributed by atoms with E-state index in [4.69, 9.17) is 5.10 Å². The van der Waals surface area contributed by atoms with E-state index >= 15 is 0 Å². The first-order chi connectivity index (χ1) is 21.6. The van der Waals surface area contributed by atoms with Gasteiger partial charge in [0, 0.05) is 51.3 Å². The third kappa shape index (κ3) is 8.23. The molecule has 5 nitrogen and oxygen atoms in total. The minimum Gasteiger partial charge on any atom is -0.318 e. The van der Waals surface area contributed by atoms with Crippen LogP contribution in [-0.2, 0) is 32.4 Å². The Hall–Kier alpha value is -3.77. The van der Waals surface area contributed by atoms with E-state index in [2.05, 4.69) is 138 Å². The van der Waals surface area contributed by atoms with Crippen molar-refractivity contribution >= 4 is 5.57 Å². The third-order valence-electron chi connectivity index (χ3n) is 8.73. The molecule has 1 aliphatic carbocycles. The number of likely N-dealkylation sites (N-methyl/N-ethyl adjacent to an activating group) is 2. The molecule has 0 aliphatic heterocycles. The van der Waals surface area contributed by atoms with E-state index in [9.17, 15) is 0 Å². The summed E-state index contributed by atoms with van der Waals surface area (Å²) in [5, 5.41) is 8.54. The van der Waals surface area contributed by atoms with E-state index in [1.54, 1.807) is 0 Å². The predicted octanol–water partition coefficient (Wildman–Crippen LogP) is 7.11. The highest BCUT2D eigenvalue weighted by atomic mass is 15.3. The van der Waals surface area contributed by atoms with Crippen LogP contribution in [-0.4, -0.2) is 59.9 Å². The van der Waals surface area contributed by atoms with Gasteiger partial charge in [0.15, 0.2) is 0 Å². The summed E-state index contributed by atoms with van der Waals surface area (Å²) in [5.74, 6) is 0. The van der Waals surface area contributed by atoms with Gasteiger partial charge in [-0.3, -0.25) is 4.90 Å². The molecule has 4 aromatic rings. The number of hydrogen-bond donors (Lipinski definition) is 1. The van der Waals surface area contributed by atoms with Gasteiger partial charge >= 0.3 is 0 Å². The van der Waals surface area contributed by atoms with Gasteiger partial charge in [0.25, 0.3) is 0 Å². The zero-order chi connectivity index (χ0) is 30.7. The second kappa shape index (κ2) is 15.8. The molecule has 0 atom stereocenters. The SMILES string of the molecule is C/C=C\C1=C(C)CCc2c(CCN(C)CCNC)nn(-c3ccc(CCN(Cc4ccccc4)Cc4ccccc4)cc3)c21. The van der Waals surface area contributed by atoms with Gasteiger partial charge in [0.2, 0.25) is 0 Å². The summed E-state index contributed by atoms with van der Waals surface area (Å²) in [6.07, 6.45) is 8.57. The fourth-order valence-electron chi connectivity index (χ4n) is 6.16. The van der Waals surface area contributed by atoms with E-state index in [0.717, 1.165) is 70.6 Å². The second-order valence-corrected chi connectivity index (χ2v) is 12.1. The summed E-state index contributed by atoms with van der Waals surface area (Å²) < 4.78 is 2.22. The first-order valence-corrected chi connectivity index (χ1v) is 16.2. The Balaban J connectivity index is 1.35. The number of aromatic nitrogens is 2. The lowest BCUT2D eigenvalue weighted by atomic mass is 9.88. The third-order valence-corrected chi connectivity index (χ3v) is 8.73. The minimum absolute atomic E-state index is 0.944. The Morgan fingerprint density at radius 1 is 0.795 bits per heavy atom. The van der Waals surface area contributed by atoms with E-state index in [0.29, 0.717) is 0 Å². The molecule has 5 heteroatoms. The number of benzene rings is 3. The van der Waals surface area contributed by atoms with Crippen LogP contribution in [0.1, 0.15) is 53.9 Å². The molecule has 1 N–H and O–H groups in total. The Labute approximate surface area is 264 Å². The highest BCUT2D eigenvalue weighted by Gasteiger charge is 2.25. The summed E-state index contributed by atoms with van der Waals surface area (Å²) in [6, 6.07) is 30.8. The molecule has 0 radical (unpaired) electrons. The Bertz CT molecular complexity index is 1470. The maximum Gasteiger partial charge on any atom is 0.0775 e. The van der Waals surface area contributed by atoms with Gasteiger partial charge < -0.3 is 10.2 Å². The van der Waals surface area contributed by atoms with E-state index < -0.39 is 0 Å². The zero-order valence-electron chi connectivity index (χ0n) is 27.1. The van der Waals surface area contributed by atoms with Gasteiger partial charge in [-0.2, -0.15) is 5.10 Å². The molecule has 1 aliphatic rings. The van der Waals surface area contributed by atoms with Gasteiger partial charge in [-0.25, -0.2) is 4.68 Å². The molecule has 0 fully saturated rings. The Kier molecular flexibility index (Phi) is 11.4. The molecule has 0 saturated carbocycles. The molecule has 0 amide bonds. The molecule has 44 heavy (non-hydrogen) atoms. The smallest absolute Gasteiger partial charge is 0.0775 e. The first-order valence-electron chi connectivity index (χ1n) is 16.2. The number of nitrogens with zero attached hydrogens (tertiary/aromatic N) is 4. The van der Waals surface area contributed by atoms with Crippen LogP contribution >= 0.6 is 0 Å². The molecule has 3 aromatic carbocycles. The maximum absolute atomic E-state index is 5.28. The van der Waals surface area contributed by atoms with Crippen molar-refractivity contribution in [1.82, 2.24) is 24.9 Å². The highest BCUT2D eigenvalue weighted by Crippen LogP contribution is 2.36. The average molecular weight is 588 g/mol. The van der Waals surface area contributed by atoms with Crippen LogP contribution in [0.15, 0.2) is 103 Å². The standard InChI is InChI=1S/C39H49N5/c1-5-12-36-31(2)17-22-37-38(24-26-42(4)28-25-40-3)41-44(39(36)37)35-20-18-32(19-21-35)23-27-43(29-33-13-8-6-9-14-33)30-34-15-10-7-11-16-34/h5-16,18-21,40H,17,22-30H2,1-4H3/b12-5-. The van der Waals surface area contributed by atoms with Crippen molar-refractivity contribution in [1.29, 1.82) is 0 Å². The summed E-state index contributed by atoms with van der Waals surface area (Å²) in [6.45, 7) is 10.3. The molecular weight excluding hydrogens is 538 g/mol. The fourth-order valence-corrected chi connectivity index (χ4v) is 6.16. The lowest BCUT2D eigenvalue weighted by molar-refractivity contribution is 0.260. The van der Waals surface area contributed by atoms with Crippen LogP contribution in [0.5, 0.6) is 0 Å². The largest absolute Gasteiger partial charge is 0.318 e. The van der Waals surface area contributed by atoms with Crippen molar-refractivity contribution in [2.45, 2.75) is 52.6 Å². The van der Waals surface area contributed by atoms with Crippen LogP contribution in [0.2, 0.25) is 0 Å². The summed E-state index contributed by atoms with van der Waals surface area (Å²) >= 11 is 0. The van der Waals surface area contributed by atoms with E-state index in [-0.39, 0.29) is 0 Å². The summed E-state index contributed by atoms with van der Waals surface area (Å²) in [4.78, 5) is 4.95. The monoisotopic (exact) mass is 587 g/mol. The van der Waals surface area contributed by atoms with Crippen LogP contribution in [0.25, 0.3) is 11.3 Å². The summed E-state index contributed by atoms with van der Waals surface area (Å²) in [7, 11) is 4.22. The number of rotatable bonds is 15. The number of hydrogen-bond acceptors (Lipinski definition) is 4. The molecule has 0 spiro atoms. The Morgan fingerprint density at radius 2 is 1.45 bits per heavy atom. The maximum atomic E-state index is 5.28. The number of allylic oxidation sites excluding steroid dienone is 4. The van der Waals surface area contributed by atoms with Crippen molar-refractivity contribution in [2.75, 3.05) is 40.3 Å². The molecule has 0 saturated heterocycles. The average Bonchev–Trinajstić information content (AvgIpc) is 3.43. The lowest BCUT2D eigenvalue weighted by Crippen LogP contribution is -2.29. The second-order valence-electron chi connectivity index (χ2n) is 12.1. The highest BCUT2D eigenvalue weighted by molar-refractivity contribution is 5.79. The van der Waals surface area contributed by atoms with Gasteiger partial charge in [0.1, 0.15) is 0 Å². The van der Waals surface area contributed by atoms with Gasteiger partial charge in [-0.1, -0.05) is 90.5 Å². The van der Waals surface area contributed by atoms with Crippen LogP contribution in [0.4, 0.5) is 0 Å². The van der Waals surface area contributed by atoms with Crippen LogP contribution in [0, 0.1) is 0 Å². The molecule has 0 bridgehead atoms. The minimum atomic E-state index is 0.944. The quantitative estimate of drug-likeness (QED) is 0.161. The molecule has 0 unspecified atom stereocenters. The molecular formula is C39H49N5. The van der Waals surface area contributed by atoms with Crippen LogP contribution in [0.3, 0.4) is 0 Å². The van der Waals surface area contributed by atoms with Crippen molar-refractivity contribution < 1.29 is 0 Å². The first kappa shape index (κ1) is 31.6. The molecule has 1 aromatic heterocycles. The van der Waals surface area contributed by atoms with Crippen molar-refractivity contribution in [3.05, 3.63) is 136 Å². The van der Waals surface area contributed by atoms with Gasteiger partial charge in [-0.05, 0) is 81.6 Å². The van der Waals surface area contributed by atoms with E-state index in [1.165, 1.54) is 44.8 Å². The van der Waals surface area contributed by atoms with Crippen LogP contribution < -0.4 is 5.32 Å². The van der Waals surface area contributed by atoms with Crippen molar-refractivity contribution in [3.63, 3.8) is 0 Å². The van der Waals surface area contributed by atoms with E-state index in [1.807, 2.05) is 7.05 Å².